The van der Waals surface area contributed by atoms with Gasteiger partial charge in [-0.3, -0.25) is 4.79 Å². The van der Waals surface area contributed by atoms with E-state index in [0.29, 0.717) is 6.54 Å². The van der Waals surface area contributed by atoms with Crippen molar-refractivity contribution in [3.05, 3.63) is 50.6 Å². The number of hydrogen-bond acceptors (Lipinski definition) is 3. The van der Waals surface area contributed by atoms with E-state index in [0.717, 1.165) is 15.7 Å². The highest BCUT2D eigenvalue weighted by Crippen LogP contribution is 2.24. The van der Waals surface area contributed by atoms with Gasteiger partial charge >= 0.3 is 0 Å². The number of rotatable bonds is 5. The molecule has 0 aliphatic carbocycles. The quantitative estimate of drug-likeness (QED) is 0.847. The number of nitrogens with zero attached hydrogens (tertiary/aromatic N) is 1. The van der Waals surface area contributed by atoms with Gasteiger partial charge < -0.3 is 10.2 Å². The van der Waals surface area contributed by atoms with E-state index in [1.54, 1.807) is 16.2 Å². The number of likely N-dealkylation sites (N-methyl/N-ethyl adjacent to an activating group) is 1. The maximum atomic E-state index is 12.3. The highest BCUT2D eigenvalue weighted by atomic mass is 79.9. The minimum atomic E-state index is 0.0817. The third-order valence-electron chi connectivity index (χ3n) is 3.55. The van der Waals surface area contributed by atoms with Crippen molar-refractivity contribution in [1.29, 1.82) is 0 Å². The molecule has 1 amide bonds. The molecule has 0 saturated carbocycles. The Bertz CT molecular complexity index is 613. The molecule has 0 spiro atoms. The van der Waals surface area contributed by atoms with Gasteiger partial charge in [-0.05, 0) is 49.1 Å². The topological polar surface area (TPSA) is 32.3 Å². The molecule has 0 aliphatic rings. The van der Waals surface area contributed by atoms with Crippen molar-refractivity contribution >= 4 is 38.9 Å². The van der Waals surface area contributed by atoms with Crippen LogP contribution in [0.1, 0.15) is 23.4 Å². The third-order valence-corrected chi connectivity index (χ3v) is 5.08. The van der Waals surface area contributed by atoms with Crippen molar-refractivity contribution in [2.45, 2.75) is 19.9 Å². The van der Waals surface area contributed by atoms with Gasteiger partial charge in [-0.15, -0.1) is 11.3 Å². The van der Waals surface area contributed by atoms with Crippen LogP contribution in [0.5, 0.6) is 0 Å². The Kier molecular flexibility index (Phi) is 5.42. The molecule has 0 radical (unpaired) electrons. The summed E-state index contributed by atoms with van der Waals surface area (Å²) in [5.41, 5.74) is 2.11. The number of amides is 1. The molecule has 1 aromatic carbocycles. The largest absolute Gasteiger partial charge is 0.376 e. The average Bonchev–Trinajstić information content (AvgIpc) is 2.98. The van der Waals surface area contributed by atoms with Crippen LogP contribution in [0.3, 0.4) is 0 Å². The molecular formula is C16H19BrN2OS. The summed E-state index contributed by atoms with van der Waals surface area (Å²) in [6.07, 6.45) is 0. The number of halogens is 1. The molecule has 2 aromatic rings. The Morgan fingerprint density at radius 2 is 2.19 bits per heavy atom. The lowest BCUT2D eigenvalue weighted by molar-refractivity contribution is -0.129. The average molecular weight is 367 g/mol. The summed E-state index contributed by atoms with van der Waals surface area (Å²) in [4.78, 5) is 15.3. The van der Waals surface area contributed by atoms with Crippen molar-refractivity contribution in [1.82, 2.24) is 4.90 Å². The van der Waals surface area contributed by atoms with Gasteiger partial charge in [0, 0.05) is 22.1 Å². The zero-order valence-electron chi connectivity index (χ0n) is 12.4. The third kappa shape index (κ3) is 4.08. The number of carbonyl (C=O) groups excluding carboxylic acids is 1. The first-order chi connectivity index (χ1) is 9.99. The van der Waals surface area contributed by atoms with E-state index < -0.39 is 0 Å². The minimum absolute atomic E-state index is 0.0817. The summed E-state index contributed by atoms with van der Waals surface area (Å²) in [6.45, 7) is 4.37. The van der Waals surface area contributed by atoms with Gasteiger partial charge in [0.15, 0.2) is 0 Å². The molecule has 0 saturated heterocycles. The van der Waals surface area contributed by atoms with Crippen LogP contribution in [-0.4, -0.2) is 24.4 Å². The van der Waals surface area contributed by atoms with Gasteiger partial charge in [0.1, 0.15) is 0 Å². The second-order valence-electron chi connectivity index (χ2n) is 5.01. The maximum Gasteiger partial charge on any atom is 0.242 e. The van der Waals surface area contributed by atoms with Crippen LogP contribution in [-0.2, 0) is 4.79 Å². The van der Waals surface area contributed by atoms with E-state index in [2.05, 4.69) is 34.2 Å². The zero-order valence-corrected chi connectivity index (χ0v) is 14.8. The second-order valence-corrected chi connectivity index (χ2v) is 6.90. The van der Waals surface area contributed by atoms with Crippen LogP contribution in [0.15, 0.2) is 40.2 Å². The number of carbonyl (C=O) groups is 1. The fourth-order valence-electron chi connectivity index (χ4n) is 2.06. The number of benzene rings is 1. The van der Waals surface area contributed by atoms with Crippen LogP contribution in [0.2, 0.25) is 0 Å². The molecule has 21 heavy (non-hydrogen) atoms. The number of hydrogen-bond donors (Lipinski definition) is 1. The summed E-state index contributed by atoms with van der Waals surface area (Å²) in [6, 6.07) is 10.2. The van der Waals surface area contributed by atoms with Gasteiger partial charge in [-0.25, -0.2) is 0 Å². The van der Waals surface area contributed by atoms with Crippen molar-refractivity contribution in [3.8, 4) is 0 Å². The zero-order chi connectivity index (χ0) is 15.4. The van der Waals surface area contributed by atoms with E-state index in [1.807, 2.05) is 43.6 Å². The molecule has 0 fully saturated rings. The predicted octanol–water partition coefficient (Wildman–Crippen LogP) is 4.45. The van der Waals surface area contributed by atoms with E-state index >= 15 is 0 Å². The fraction of sp³-hybridized carbons (Fsp3) is 0.312. The van der Waals surface area contributed by atoms with E-state index in [-0.39, 0.29) is 11.9 Å². The molecule has 3 nitrogen and oxygen atoms in total. The Balaban J connectivity index is 1.95. The highest BCUT2D eigenvalue weighted by molar-refractivity contribution is 9.10. The van der Waals surface area contributed by atoms with Crippen molar-refractivity contribution in [2.24, 2.45) is 0 Å². The fourth-order valence-corrected chi connectivity index (χ4v) is 3.36. The molecule has 1 atom stereocenters. The van der Waals surface area contributed by atoms with Crippen LogP contribution in [0.4, 0.5) is 5.69 Å². The van der Waals surface area contributed by atoms with E-state index in [9.17, 15) is 4.79 Å². The first kappa shape index (κ1) is 16.0. The molecule has 1 N–H and O–H groups in total. The lowest BCUT2D eigenvalue weighted by Crippen LogP contribution is -2.34. The molecule has 112 valence electrons. The minimum Gasteiger partial charge on any atom is -0.376 e. The first-order valence-corrected chi connectivity index (χ1v) is 8.45. The number of nitrogens with one attached hydrogen (secondary N) is 1. The van der Waals surface area contributed by atoms with Crippen LogP contribution in [0.25, 0.3) is 0 Å². The summed E-state index contributed by atoms with van der Waals surface area (Å²) in [7, 11) is 1.85. The number of thiophene rings is 1. The SMILES string of the molecule is Cc1cc(Br)ccc1NCC(=O)N(C)[C@H](C)c1cccs1. The smallest absolute Gasteiger partial charge is 0.242 e. The first-order valence-electron chi connectivity index (χ1n) is 6.78. The normalized spacial score (nSPS) is 12.0. The van der Waals surface area contributed by atoms with Crippen LogP contribution >= 0.6 is 27.3 Å². The molecule has 0 aliphatic heterocycles. The Morgan fingerprint density at radius 3 is 2.81 bits per heavy atom. The highest BCUT2D eigenvalue weighted by Gasteiger charge is 2.17. The second kappa shape index (κ2) is 7.09. The van der Waals surface area contributed by atoms with E-state index in [1.165, 1.54) is 4.88 Å². The number of aryl methyl sites for hydroxylation is 1. The summed E-state index contributed by atoms with van der Waals surface area (Å²) >= 11 is 5.11. The molecule has 1 aromatic heterocycles. The monoisotopic (exact) mass is 366 g/mol. The molecule has 1 heterocycles. The summed E-state index contributed by atoms with van der Waals surface area (Å²) < 4.78 is 1.04. The Hall–Kier alpha value is -1.33. The molecular weight excluding hydrogens is 348 g/mol. The molecule has 5 heteroatoms. The van der Waals surface area contributed by atoms with Gasteiger partial charge in [0.25, 0.3) is 0 Å². The van der Waals surface area contributed by atoms with Gasteiger partial charge in [0.2, 0.25) is 5.91 Å². The summed E-state index contributed by atoms with van der Waals surface area (Å²) in [5.74, 6) is 0.0817. The van der Waals surface area contributed by atoms with Crippen LogP contribution < -0.4 is 5.32 Å². The Labute approximate surface area is 138 Å². The van der Waals surface area contributed by atoms with E-state index in [4.69, 9.17) is 0 Å². The standard InChI is InChI=1S/C16H19BrN2OS/c1-11-9-13(17)6-7-14(11)18-10-16(20)19(3)12(2)15-5-4-8-21-15/h4-9,12,18H,10H2,1-3H3/t12-/m1/s1. The molecule has 2 rings (SSSR count). The lowest BCUT2D eigenvalue weighted by atomic mass is 10.2. The maximum absolute atomic E-state index is 12.3. The molecule has 0 unspecified atom stereocenters. The predicted molar refractivity (Wildman–Crippen MR) is 92.9 cm³/mol. The van der Waals surface area contributed by atoms with Gasteiger partial charge in [-0.2, -0.15) is 0 Å². The van der Waals surface area contributed by atoms with Crippen molar-refractivity contribution < 1.29 is 4.79 Å². The number of anilines is 1. The van der Waals surface area contributed by atoms with Crippen LogP contribution in [0, 0.1) is 6.92 Å². The van der Waals surface area contributed by atoms with Gasteiger partial charge in [-0.1, -0.05) is 22.0 Å². The van der Waals surface area contributed by atoms with Crippen molar-refractivity contribution in [3.63, 3.8) is 0 Å². The summed E-state index contributed by atoms with van der Waals surface area (Å²) in [5, 5.41) is 5.25. The Morgan fingerprint density at radius 1 is 1.43 bits per heavy atom. The lowest BCUT2D eigenvalue weighted by Gasteiger charge is -2.24. The molecule has 0 bridgehead atoms. The van der Waals surface area contributed by atoms with Crippen molar-refractivity contribution in [2.75, 3.05) is 18.9 Å². The van der Waals surface area contributed by atoms with Gasteiger partial charge in [0.05, 0.1) is 12.6 Å².